The standard InChI is InChI=1S/C20H19ClFN3O4/c1-24(2)16(17-13(21)5-4-6-14(17)22)10-25-18(26)12-8-7-11(19(27)29-3)9-15(12)23-20(25)28/h4-9,16H,10H2,1-3H3,(H,23,28). The zero-order chi connectivity index (χ0) is 21.3. The van der Waals surface area contributed by atoms with Gasteiger partial charge in [-0.25, -0.2) is 14.0 Å². The molecular formula is C20H19ClFN3O4. The fourth-order valence-electron chi connectivity index (χ4n) is 3.18. The van der Waals surface area contributed by atoms with Crippen LogP contribution in [0.1, 0.15) is 22.0 Å². The van der Waals surface area contributed by atoms with Crippen LogP contribution >= 0.6 is 11.6 Å². The number of likely N-dealkylation sites (N-methyl/N-ethyl adjacent to an activating group) is 1. The number of ether oxygens (including phenoxy) is 1. The zero-order valence-corrected chi connectivity index (χ0v) is 16.8. The molecule has 1 unspecified atom stereocenters. The quantitative estimate of drug-likeness (QED) is 0.642. The molecule has 2 aromatic carbocycles. The van der Waals surface area contributed by atoms with Crippen LogP contribution in [0.4, 0.5) is 4.39 Å². The van der Waals surface area contributed by atoms with E-state index in [-0.39, 0.29) is 33.6 Å². The van der Waals surface area contributed by atoms with E-state index in [1.807, 2.05) is 0 Å². The third-order valence-electron chi connectivity index (χ3n) is 4.71. The van der Waals surface area contributed by atoms with Crippen molar-refractivity contribution in [3.8, 4) is 0 Å². The Balaban J connectivity index is 2.13. The Hall–Kier alpha value is -2.97. The lowest BCUT2D eigenvalue weighted by molar-refractivity contribution is 0.0601. The first-order valence-corrected chi connectivity index (χ1v) is 9.08. The Bertz CT molecular complexity index is 1180. The molecule has 0 saturated carbocycles. The number of carbonyl (C=O) groups excluding carboxylic acids is 1. The molecule has 3 rings (SSSR count). The van der Waals surface area contributed by atoms with Crippen molar-refractivity contribution in [2.45, 2.75) is 12.6 Å². The van der Waals surface area contributed by atoms with Crippen molar-refractivity contribution >= 4 is 28.5 Å². The van der Waals surface area contributed by atoms with Crippen LogP contribution in [0.2, 0.25) is 5.02 Å². The molecule has 1 heterocycles. The van der Waals surface area contributed by atoms with E-state index in [0.29, 0.717) is 0 Å². The van der Waals surface area contributed by atoms with Gasteiger partial charge in [0.25, 0.3) is 5.56 Å². The highest BCUT2D eigenvalue weighted by molar-refractivity contribution is 6.31. The van der Waals surface area contributed by atoms with E-state index in [1.165, 1.54) is 37.4 Å². The molecule has 0 radical (unpaired) electrons. The molecule has 1 aromatic heterocycles. The van der Waals surface area contributed by atoms with Crippen LogP contribution < -0.4 is 11.2 Å². The molecule has 29 heavy (non-hydrogen) atoms. The summed E-state index contributed by atoms with van der Waals surface area (Å²) in [6.45, 7) is -0.115. The Kier molecular flexibility index (Phi) is 5.86. The van der Waals surface area contributed by atoms with Gasteiger partial charge in [0.2, 0.25) is 0 Å². The Morgan fingerprint density at radius 3 is 2.62 bits per heavy atom. The van der Waals surface area contributed by atoms with Crippen LogP contribution in [0.15, 0.2) is 46.0 Å². The second-order valence-electron chi connectivity index (χ2n) is 6.71. The molecule has 9 heteroatoms. The lowest BCUT2D eigenvalue weighted by Crippen LogP contribution is -2.39. The van der Waals surface area contributed by atoms with E-state index in [4.69, 9.17) is 11.6 Å². The number of aromatic nitrogens is 2. The number of carbonyl (C=O) groups is 1. The number of hydrogen-bond acceptors (Lipinski definition) is 5. The molecule has 0 spiro atoms. The summed E-state index contributed by atoms with van der Waals surface area (Å²) in [6, 6.07) is 7.92. The van der Waals surface area contributed by atoms with Gasteiger partial charge in [-0.2, -0.15) is 0 Å². The first-order valence-electron chi connectivity index (χ1n) is 8.70. The molecular weight excluding hydrogens is 401 g/mol. The van der Waals surface area contributed by atoms with Crippen LogP contribution in [-0.2, 0) is 11.3 Å². The molecule has 1 N–H and O–H groups in total. The smallest absolute Gasteiger partial charge is 0.337 e. The maximum absolute atomic E-state index is 14.4. The average molecular weight is 420 g/mol. The van der Waals surface area contributed by atoms with Crippen LogP contribution in [0, 0.1) is 5.82 Å². The summed E-state index contributed by atoms with van der Waals surface area (Å²) < 4.78 is 20.1. The van der Waals surface area contributed by atoms with Crippen molar-refractivity contribution < 1.29 is 13.9 Å². The van der Waals surface area contributed by atoms with E-state index >= 15 is 0 Å². The van der Waals surface area contributed by atoms with E-state index < -0.39 is 29.1 Å². The number of benzene rings is 2. The van der Waals surface area contributed by atoms with Gasteiger partial charge in [-0.1, -0.05) is 17.7 Å². The highest BCUT2D eigenvalue weighted by Gasteiger charge is 2.23. The van der Waals surface area contributed by atoms with Gasteiger partial charge in [0, 0.05) is 10.6 Å². The van der Waals surface area contributed by atoms with Crippen molar-refractivity contribution in [2.24, 2.45) is 0 Å². The molecule has 3 aromatic rings. The predicted molar refractivity (Wildman–Crippen MR) is 108 cm³/mol. The van der Waals surface area contributed by atoms with Gasteiger partial charge in [-0.15, -0.1) is 0 Å². The maximum Gasteiger partial charge on any atom is 0.337 e. The number of fused-ring (bicyclic) bond motifs is 1. The molecule has 1 atom stereocenters. The summed E-state index contributed by atoms with van der Waals surface area (Å²) in [4.78, 5) is 41.5. The summed E-state index contributed by atoms with van der Waals surface area (Å²) in [7, 11) is 4.65. The number of nitrogens with zero attached hydrogens (tertiary/aromatic N) is 2. The molecule has 0 aliphatic rings. The SMILES string of the molecule is COC(=O)c1ccc2c(=O)n(CC(c3c(F)cccc3Cl)N(C)C)c(=O)[nH]c2c1. The van der Waals surface area contributed by atoms with Crippen molar-refractivity contribution in [3.63, 3.8) is 0 Å². The second-order valence-corrected chi connectivity index (χ2v) is 7.12. The largest absolute Gasteiger partial charge is 0.465 e. The summed E-state index contributed by atoms with van der Waals surface area (Å²) in [5.74, 6) is -1.11. The minimum atomic E-state index is -0.677. The molecule has 7 nitrogen and oxygen atoms in total. The minimum Gasteiger partial charge on any atom is -0.465 e. The van der Waals surface area contributed by atoms with Crippen LogP contribution in [-0.4, -0.2) is 41.6 Å². The Morgan fingerprint density at radius 2 is 2.00 bits per heavy atom. The molecule has 0 fully saturated rings. The van der Waals surface area contributed by atoms with E-state index in [2.05, 4.69) is 9.72 Å². The van der Waals surface area contributed by atoms with Gasteiger partial charge in [0.15, 0.2) is 0 Å². The summed E-state index contributed by atoms with van der Waals surface area (Å²) >= 11 is 6.19. The van der Waals surface area contributed by atoms with E-state index in [0.717, 1.165) is 4.57 Å². The number of esters is 1. The fraction of sp³-hybridized carbons (Fsp3) is 0.250. The van der Waals surface area contributed by atoms with E-state index in [1.54, 1.807) is 25.1 Å². The summed E-state index contributed by atoms with van der Waals surface area (Å²) in [5, 5.41) is 0.422. The molecule has 0 amide bonds. The summed E-state index contributed by atoms with van der Waals surface area (Å²) in [5.41, 5.74) is -0.614. The lowest BCUT2D eigenvalue weighted by Gasteiger charge is -2.26. The summed E-state index contributed by atoms with van der Waals surface area (Å²) in [6.07, 6.45) is 0. The highest BCUT2D eigenvalue weighted by atomic mass is 35.5. The predicted octanol–water partition coefficient (Wildman–Crippen LogP) is 2.57. The van der Waals surface area contributed by atoms with Crippen LogP contribution in [0.3, 0.4) is 0 Å². The van der Waals surface area contributed by atoms with Gasteiger partial charge in [0.1, 0.15) is 5.82 Å². The maximum atomic E-state index is 14.4. The minimum absolute atomic E-state index is 0.115. The zero-order valence-electron chi connectivity index (χ0n) is 16.0. The Morgan fingerprint density at radius 1 is 1.28 bits per heavy atom. The first-order chi connectivity index (χ1) is 13.7. The molecule has 152 valence electrons. The lowest BCUT2D eigenvalue weighted by atomic mass is 10.0. The number of H-pyrrole nitrogens is 1. The molecule has 0 aliphatic carbocycles. The third-order valence-corrected chi connectivity index (χ3v) is 5.04. The van der Waals surface area contributed by atoms with Gasteiger partial charge < -0.3 is 14.6 Å². The number of rotatable bonds is 5. The molecule has 0 aliphatic heterocycles. The third kappa shape index (κ3) is 3.94. The van der Waals surface area contributed by atoms with Gasteiger partial charge in [-0.3, -0.25) is 9.36 Å². The number of halogens is 2. The van der Waals surface area contributed by atoms with Crippen molar-refractivity contribution in [1.82, 2.24) is 14.5 Å². The van der Waals surface area contributed by atoms with Gasteiger partial charge in [-0.05, 0) is 44.4 Å². The number of aromatic amines is 1. The number of hydrogen-bond donors (Lipinski definition) is 1. The van der Waals surface area contributed by atoms with Crippen molar-refractivity contribution in [2.75, 3.05) is 21.2 Å². The highest BCUT2D eigenvalue weighted by Crippen LogP contribution is 2.29. The number of nitrogens with one attached hydrogen (secondary N) is 1. The second kappa shape index (κ2) is 8.18. The van der Waals surface area contributed by atoms with Gasteiger partial charge in [0.05, 0.1) is 36.2 Å². The molecule has 0 bridgehead atoms. The first kappa shape index (κ1) is 20.8. The normalized spacial score (nSPS) is 12.3. The van der Waals surface area contributed by atoms with Crippen LogP contribution in [0.25, 0.3) is 10.9 Å². The van der Waals surface area contributed by atoms with Crippen molar-refractivity contribution in [1.29, 1.82) is 0 Å². The van der Waals surface area contributed by atoms with Crippen molar-refractivity contribution in [3.05, 3.63) is 79.2 Å². The topological polar surface area (TPSA) is 84.4 Å². The van der Waals surface area contributed by atoms with Gasteiger partial charge >= 0.3 is 11.7 Å². The Labute approximate surface area is 170 Å². The molecule has 0 saturated heterocycles. The fourth-order valence-corrected chi connectivity index (χ4v) is 3.47. The van der Waals surface area contributed by atoms with Crippen LogP contribution in [0.5, 0.6) is 0 Å². The average Bonchev–Trinajstić information content (AvgIpc) is 2.68. The van der Waals surface area contributed by atoms with E-state index in [9.17, 15) is 18.8 Å². The number of methoxy groups -OCH3 is 1. The monoisotopic (exact) mass is 419 g/mol.